The molecule has 0 radical (unpaired) electrons. The fourth-order valence-corrected chi connectivity index (χ4v) is 2.21. The molecule has 1 saturated heterocycles. The molecule has 1 fully saturated rings. The van der Waals surface area contributed by atoms with Gasteiger partial charge in [-0.05, 0) is 13.3 Å². The van der Waals surface area contributed by atoms with Gasteiger partial charge in [-0.1, -0.05) is 0 Å². The van der Waals surface area contributed by atoms with Crippen molar-refractivity contribution in [3.8, 4) is 0 Å². The van der Waals surface area contributed by atoms with E-state index in [2.05, 4.69) is 0 Å². The van der Waals surface area contributed by atoms with Crippen LogP contribution in [0.4, 0.5) is 0 Å². The Bertz CT molecular complexity index is 258. The topological polar surface area (TPSA) is 40.6 Å². The average Bonchev–Trinajstić information content (AvgIpc) is 2.66. The molecule has 1 rings (SSSR count). The van der Waals surface area contributed by atoms with Gasteiger partial charge in [0, 0.05) is 26.6 Å². The van der Waals surface area contributed by atoms with E-state index in [1.807, 2.05) is 11.8 Å². The molecule has 0 bridgehead atoms. The van der Waals surface area contributed by atoms with Gasteiger partial charge in [-0.25, -0.2) is 0 Å². The monoisotopic (exact) mass is 232 g/mol. The van der Waals surface area contributed by atoms with E-state index in [4.69, 9.17) is 11.6 Å². The molecule has 4 nitrogen and oxygen atoms in total. The summed E-state index contributed by atoms with van der Waals surface area (Å²) in [6.07, 6.45) is 0.857. The SMILES string of the molecule is CCN(C(C)=O)C1CCN(C(=O)CCl)C1. The third-order valence-electron chi connectivity index (χ3n) is 2.82. The number of likely N-dealkylation sites (N-methyl/N-ethyl adjacent to an activating group) is 1. The van der Waals surface area contributed by atoms with Crippen LogP contribution in [0.25, 0.3) is 0 Å². The molecular weight excluding hydrogens is 216 g/mol. The van der Waals surface area contributed by atoms with Crippen LogP contribution in [0, 0.1) is 0 Å². The number of likely N-dealkylation sites (tertiary alicyclic amines) is 1. The van der Waals surface area contributed by atoms with Crippen molar-refractivity contribution in [3.63, 3.8) is 0 Å². The van der Waals surface area contributed by atoms with E-state index in [1.54, 1.807) is 11.8 Å². The number of hydrogen-bond acceptors (Lipinski definition) is 2. The summed E-state index contributed by atoms with van der Waals surface area (Å²) < 4.78 is 0. The Hall–Kier alpha value is -0.770. The van der Waals surface area contributed by atoms with Gasteiger partial charge < -0.3 is 9.80 Å². The van der Waals surface area contributed by atoms with E-state index in [0.29, 0.717) is 19.6 Å². The summed E-state index contributed by atoms with van der Waals surface area (Å²) in [7, 11) is 0. The number of rotatable bonds is 3. The summed E-state index contributed by atoms with van der Waals surface area (Å²) in [6, 6.07) is 0.166. The maximum Gasteiger partial charge on any atom is 0.237 e. The Kier molecular flexibility index (Phi) is 4.39. The van der Waals surface area contributed by atoms with E-state index in [0.717, 1.165) is 6.42 Å². The standard InChI is InChI=1S/C10H17ClN2O2/c1-3-13(8(2)14)9-4-5-12(7-9)10(15)6-11/h9H,3-7H2,1-2H3. The first-order valence-corrected chi connectivity index (χ1v) is 5.74. The maximum atomic E-state index is 11.3. The Labute approximate surface area is 95.2 Å². The minimum Gasteiger partial charge on any atom is -0.340 e. The highest BCUT2D eigenvalue weighted by molar-refractivity contribution is 6.27. The molecular formula is C10H17ClN2O2. The van der Waals surface area contributed by atoms with Crippen LogP contribution < -0.4 is 0 Å². The highest BCUT2D eigenvalue weighted by Gasteiger charge is 2.30. The molecule has 15 heavy (non-hydrogen) atoms. The summed E-state index contributed by atoms with van der Waals surface area (Å²) in [6.45, 7) is 5.55. The minimum absolute atomic E-state index is 0.0267. The van der Waals surface area contributed by atoms with Crippen LogP contribution in [-0.2, 0) is 9.59 Å². The zero-order valence-corrected chi connectivity index (χ0v) is 9.96. The zero-order valence-electron chi connectivity index (χ0n) is 9.20. The molecule has 0 aromatic heterocycles. The fourth-order valence-electron chi connectivity index (χ4n) is 2.05. The van der Waals surface area contributed by atoms with Crippen LogP contribution in [0.3, 0.4) is 0 Å². The normalized spacial score (nSPS) is 20.5. The van der Waals surface area contributed by atoms with E-state index in [1.165, 1.54) is 0 Å². The Morgan fingerprint density at radius 3 is 2.67 bits per heavy atom. The summed E-state index contributed by atoms with van der Waals surface area (Å²) in [5.74, 6) is 0.0558. The first-order chi connectivity index (χ1) is 7.10. The molecule has 1 atom stereocenters. The van der Waals surface area contributed by atoms with Crippen molar-refractivity contribution in [2.45, 2.75) is 26.3 Å². The number of hydrogen-bond donors (Lipinski definition) is 0. The number of carbonyl (C=O) groups is 2. The van der Waals surface area contributed by atoms with Crippen LogP contribution in [0.1, 0.15) is 20.3 Å². The predicted octanol–water partition coefficient (Wildman–Crippen LogP) is 0.694. The van der Waals surface area contributed by atoms with Gasteiger partial charge >= 0.3 is 0 Å². The Morgan fingerprint density at radius 1 is 1.53 bits per heavy atom. The minimum atomic E-state index is -0.0428. The van der Waals surface area contributed by atoms with Crippen molar-refractivity contribution in [1.82, 2.24) is 9.80 Å². The van der Waals surface area contributed by atoms with Gasteiger partial charge in [0.25, 0.3) is 0 Å². The second kappa shape index (κ2) is 5.35. The summed E-state index contributed by atoms with van der Waals surface area (Å²) in [5, 5.41) is 0. The molecule has 0 saturated carbocycles. The second-order valence-corrected chi connectivity index (χ2v) is 3.99. The zero-order chi connectivity index (χ0) is 11.4. The molecule has 1 aliphatic rings. The number of amides is 2. The molecule has 0 N–H and O–H groups in total. The predicted molar refractivity (Wildman–Crippen MR) is 58.8 cm³/mol. The molecule has 1 aliphatic heterocycles. The van der Waals surface area contributed by atoms with E-state index >= 15 is 0 Å². The van der Waals surface area contributed by atoms with Crippen LogP contribution >= 0.6 is 11.6 Å². The van der Waals surface area contributed by atoms with Crippen LogP contribution in [0.15, 0.2) is 0 Å². The molecule has 5 heteroatoms. The van der Waals surface area contributed by atoms with Gasteiger partial charge in [0.05, 0.1) is 6.04 Å². The third-order valence-corrected chi connectivity index (χ3v) is 3.04. The molecule has 1 heterocycles. The summed E-state index contributed by atoms with van der Waals surface area (Å²) in [4.78, 5) is 26.2. The van der Waals surface area contributed by atoms with Crippen molar-refractivity contribution in [3.05, 3.63) is 0 Å². The lowest BCUT2D eigenvalue weighted by Gasteiger charge is -2.26. The largest absolute Gasteiger partial charge is 0.340 e. The molecule has 1 unspecified atom stereocenters. The Morgan fingerprint density at radius 2 is 2.20 bits per heavy atom. The lowest BCUT2D eigenvalue weighted by Crippen LogP contribution is -2.41. The molecule has 2 amide bonds. The van der Waals surface area contributed by atoms with Gasteiger partial charge in [-0.2, -0.15) is 0 Å². The highest BCUT2D eigenvalue weighted by atomic mass is 35.5. The number of carbonyl (C=O) groups excluding carboxylic acids is 2. The summed E-state index contributed by atoms with van der Waals surface area (Å²) in [5.41, 5.74) is 0. The van der Waals surface area contributed by atoms with Crippen molar-refractivity contribution in [1.29, 1.82) is 0 Å². The van der Waals surface area contributed by atoms with Gasteiger partial charge in [-0.15, -0.1) is 11.6 Å². The van der Waals surface area contributed by atoms with Gasteiger partial charge in [0.2, 0.25) is 11.8 Å². The average molecular weight is 233 g/mol. The van der Waals surface area contributed by atoms with E-state index in [9.17, 15) is 9.59 Å². The summed E-state index contributed by atoms with van der Waals surface area (Å²) >= 11 is 5.48. The van der Waals surface area contributed by atoms with Crippen LogP contribution in [0.2, 0.25) is 0 Å². The number of halogens is 1. The van der Waals surface area contributed by atoms with Crippen molar-refractivity contribution < 1.29 is 9.59 Å². The van der Waals surface area contributed by atoms with E-state index < -0.39 is 0 Å². The van der Waals surface area contributed by atoms with Crippen molar-refractivity contribution in [2.24, 2.45) is 0 Å². The molecule has 86 valence electrons. The first kappa shape index (κ1) is 12.3. The van der Waals surface area contributed by atoms with Crippen molar-refractivity contribution in [2.75, 3.05) is 25.5 Å². The molecule has 0 aliphatic carbocycles. The quantitative estimate of drug-likeness (QED) is 0.672. The lowest BCUT2D eigenvalue weighted by atomic mass is 10.2. The smallest absolute Gasteiger partial charge is 0.237 e. The maximum absolute atomic E-state index is 11.3. The Balaban J connectivity index is 2.54. The van der Waals surface area contributed by atoms with Crippen LogP contribution in [0.5, 0.6) is 0 Å². The van der Waals surface area contributed by atoms with Gasteiger partial charge in [0.15, 0.2) is 0 Å². The first-order valence-electron chi connectivity index (χ1n) is 5.21. The second-order valence-electron chi connectivity index (χ2n) is 3.72. The molecule has 0 spiro atoms. The van der Waals surface area contributed by atoms with Gasteiger partial charge in [-0.3, -0.25) is 9.59 Å². The van der Waals surface area contributed by atoms with Crippen LogP contribution in [-0.4, -0.2) is 53.2 Å². The molecule has 0 aromatic rings. The highest BCUT2D eigenvalue weighted by Crippen LogP contribution is 2.16. The lowest BCUT2D eigenvalue weighted by molar-refractivity contribution is -0.132. The van der Waals surface area contributed by atoms with E-state index in [-0.39, 0.29) is 23.7 Å². The third kappa shape index (κ3) is 2.84. The van der Waals surface area contributed by atoms with Crippen molar-refractivity contribution >= 4 is 23.4 Å². The number of nitrogens with zero attached hydrogens (tertiary/aromatic N) is 2. The van der Waals surface area contributed by atoms with Gasteiger partial charge in [0.1, 0.15) is 5.88 Å². The number of alkyl halides is 1. The fraction of sp³-hybridized carbons (Fsp3) is 0.800. The molecule has 0 aromatic carbocycles.